The summed E-state index contributed by atoms with van der Waals surface area (Å²) < 4.78 is 0. The first-order chi connectivity index (χ1) is 24.8. The molecule has 0 nitrogen and oxygen atoms in total. The minimum absolute atomic E-state index is 1.05. The molecule has 0 aromatic heterocycles. The van der Waals surface area contributed by atoms with E-state index in [1.807, 2.05) is 0 Å². The maximum Gasteiger partial charge on any atom is -0.000719 e. The molecule has 2 aliphatic rings. The van der Waals surface area contributed by atoms with Crippen molar-refractivity contribution >= 4 is 54.7 Å². The van der Waals surface area contributed by atoms with Gasteiger partial charge in [0, 0.05) is 0 Å². The van der Waals surface area contributed by atoms with Crippen molar-refractivity contribution in [2.75, 3.05) is 0 Å². The average Bonchev–Trinajstić information content (AvgIpc) is 3.51. The predicted octanol–water partition coefficient (Wildman–Crippen LogP) is 12.1. The lowest BCUT2D eigenvalue weighted by molar-refractivity contribution is 1.08. The van der Waals surface area contributed by atoms with Crippen LogP contribution in [0.15, 0.2) is 164 Å². The third-order valence-corrected chi connectivity index (χ3v) is 11.2. The molecule has 0 radical (unpaired) electrons. The summed E-state index contributed by atoms with van der Waals surface area (Å²) >= 11 is 0. The minimum Gasteiger partial charge on any atom is -0.0763 e. The number of benzene rings is 9. The van der Waals surface area contributed by atoms with Gasteiger partial charge in [0.25, 0.3) is 0 Å². The van der Waals surface area contributed by atoms with Gasteiger partial charge in [-0.3, -0.25) is 0 Å². The second kappa shape index (κ2) is 10.6. The lowest BCUT2D eigenvalue weighted by Crippen LogP contribution is -2.29. The minimum atomic E-state index is 1.05. The van der Waals surface area contributed by atoms with Crippen molar-refractivity contribution in [3.63, 3.8) is 0 Å². The van der Waals surface area contributed by atoms with Crippen LogP contribution in [0.5, 0.6) is 0 Å². The van der Waals surface area contributed by atoms with E-state index in [1.165, 1.54) is 109 Å². The van der Waals surface area contributed by atoms with E-state index in [4.69, 9.17) is 0 Å². The fourth-order valence-electron chi connectivity index (χ4n) is 9.24. The molecule has 50 heavy (non-hydrogen) atoms. The lowest BCUT2D eigenvalue weighted by Gasteiger charge is -2.20. The van der Waals surface area contributed by atoms with E-state index in [1.54, 1.807) is 0 Å². The second-order valence-electron chi connectivity index (χ2n) is 13.8. The van der Waals surface area contributed by atoms with E-state index in [9.17, 15) is 0 Å². The summed E-state index contributed by atoms with van der Waals surface area (Å²) in [5.74, 6) is 0. The summed E-state index contributed by atoms with van der Waals surface area (Å²) in [6.07, 6.45) is 4.51. The van der Waals surface area contributed by atoms with Crippen LogP contribution in [-0.2, 0) is 0 Å². The Hall–Kier alpha value is -6.24. The molecule has 0 saturated heterocycles. The van der Waals surface area contributed by atoms with Gasteiger partial charge >= 0.3 is 0 Å². The molecule has 0 heteroatoms. The number of hydrogen-bond acceptors (Lipinski definition) is 0. The zero-order chi connectivity index (χ0) is 32.8. The highest BCUT2D eigenvalue weighted by Crippen LogP contribution is 2.59. The van der Waals surface area contributed by atoms with E-state index < -0.39 is 0 Å². The Morgan fingerprint density at radius 1 is 0.340 bits per heavy atom. The highest BCUT2D eigenvalue weighted by molar-refractivity contribution is 6.33. The number of hydrogen-bond donors (Lipinski definition) is 0. The smallest absolute Gasteiger partial charge is 0.000719 e. The Bertz CT molecular complexity index is 3000. The van der Waals surface area contributed by atoms with E-state index in [2.05, 4.69) is 170 Å². The van der Waals surface area contributed by atoms with Gasteiger partial charge in [-0.25, -0.2) is 0 Å². The molecule has 0 saturated carbocycles. The maximum absolute atomic E-state index is 2.53. The molecular weight excluding hydrogens is 601 g/mol. The Morgan fingerprint density at radius 3 is 1.60 bits per heavy atom. The summed E-state index contributed by atoms with van der Waals surface area (Å²) in [6, 6.07) is 61.2. The van der Waals surface area contributed by atoms with Gasteiger partial charge in [-0.15, -0.1) is 0 Å². The van der Waals surface area contributed by atoms with Crippen LogP contribution in [0.25, 0.3) is 99.2 Å². The molecule has 0 aliphatic heterocycles. The highest BCUT2D eigenvalue weighted by atomic mass is 14.3. The Labute approximate surface area is 290 Å². The first kappa shape index (κ1) is 27.7. The van der Waals surface area contributed by atoms with Crippen LogP contribution in [0.2, 0.25) is 0 Å². The van der Waals surface area contributed by atoms with Gasteiger partial charge < -0.3 is 0 Å². The van der Waals surface area contributed by atoms with Crippen LogP contribution >= 0.6 is 0 Å². The SMILES string of the molecule is C1=c2ccccc2=C(c2cc3c4cccc5c4c(cc3c3ccccc23)-c2c-5c(-c3ccccc3)c3ccccc3c2-c2ccccc2)CC1. The second-order valence-corrected chi connectivity index (χ2v) is 13.8. The molecule has 0 bridgehead atoms. The van der Waals surface area contributed by atoms with Crippen LogP contribution in [0.4, 0.5) is 0 Å². The highest BCUT2D eigenvalue weighted by Gasteiger charge is 2.31. The van der Waals surface area contributed by atoms with Gasteiger partial charge in [0.2, 0.25) is 0 Å². The zero-order valence-corrected chi connectivity index (χ0v) is 27.6. The fourth-order valence-corrected chi connectivity index (χ4v) is 9.24. The van der Waals surface area contributed by atoms with Crippen molar-refractivity contribution in [3.8, 4) is 44.5 Å². The molecule has 232 valence electrons. The summed E-state index contributed by atoms with van der Waals surface area (Å²) in [4.78, 5) is 0. The van der Waals surface area contributed by atoms with Gasteiger partial charge in [0.1, 0.15) is 0 Å². The monoisotopic (exact) mass is 632 g/mol. The fraction of sp³-hybridized carbons (Fsp3) is 0.0400. The standard InChI is InChI=1S/C50H32/c1-3-16-32(17-4-1)46-38-24-11-12-25-39(38)47(33-18-5-2-6-19-33)50-45-30-43-37-23-10-9-22-36(37)42(35-26-13-20-31-15-7-8-21-34(31)35)29-44(43)40-27-14-28-41(48(40)45)49(46)50/h1-12,14-25,27-30H,13,26H2. The molecule has 0 N–H and O–H groups in total. The summed E-state index contributed by atoms with van der Waals surface area (Å²) in [5.41, 5.74) is 13.3. The quantitative estimate of drug-likeness (QED) is 0.170. The number of rotatable bonds is 3. The van der Waals surface area contributed by atoms with Crippen LogP contribution < -0.4 is 10.4 Å². The third-order valence-electron chi connectivity index (χ3n) is 11.2. The molecule has 0 fully saturated rings. The summed E-state index contributed by atoms with van der Waals surface area (Å²) in [5, 5.41) is 13.3. The van der Waals surface area contributed by atoms with E-state index in [-0.39, 0.29) is 0 Å². The normalized spacial score (nSPS) is 13.2. The molecular formula is C50H32. The Kier molecular flexibility index (Phi) is 5.89. The molecule has 0 unspecified atom stereocenters. The maximum atomic E-state index is 2.53. The van der Waals surface area contributed by atoms with Crippen molar-refractivity contribution in [1.82, 2.24) is 0 Å². The van der Waals surface area contributed by atoms with E-state index in [0.717, 1.165) is 12.8 Å². The predicted molar refractivity (Wildman–Crippen MR) is 214 cm³/mol. The Morgan fingerprint density at radius 2 is 0.880 bits per heavy atom. The largest absolute Gasteiger partial charge is 0.0763 e. The van der Waals surface area contributed by atoms with Crippen molar-refractivity contribution in [3.05, 3.63) is 180 Å². The van der Waals surface area contributed by atoms with Crippen LogP contribution in [0.3, 0.4) is 0 Å². The first-order valence-electron chi connectivity index (χ1n) is 17.8. The zero-order valence-electron chi connectivity index (χ0n) is 27.6. The molecule has 0 heterocycles. The first-order valence-corrected chi connectivity index (χ1v) is 17.8. The molecule has 0 atom stereocenters. The molecule has 0 amide bonds. The molecule has 2 aliphatic carbocycles. The van der Waals surface area contributed by atoms with Crippen LogP contribution in [0.1, 0.15) is 18.4 Å². The van der Waals surface area contributed by atoms with Crippen molar-refractivity contribution in [2.45, 2.75) is 12.8 Å². The van der Waals surface area contributed by atoms with Crippen molar-refractivity contribution in [2.24, 2.45) is 0 Å². The average molecular weight is 633 g/mol. The topological polar surface area (TPSA) is 0 Å². The molecule has 9 aromatic carbocycles. The molecule has 0 spiro atoms. The summed E-state index contributed by atoms with van der Waals surface area (Å²) in [6.45, 7) is 0. The van der Waals surface area contributed by atoms with E-state index in [0.29, 0.717) is 0 Å². The number of fused-ring (bicyclic) bond motifs is 9. The van der Waals surface area contributed by atoms with Gasteiger partial charge in [-0.1, -0.05) is 158 Å². The summed E-state index contributed by atoms with van der Waals surface area (Å²) in [7, 11) is 0. The lowest BCUT2D eigenvalue weighted by atomic mass is 9.82. The van der Waals surface area contributed by atoms with E-state index >= 15 is 0 Å². The van der Waals surface area contributed by atoms with Crippen molar-refractivity contribution in [1.29, 1.82) is 0 Å². The third kappa shape index (κ3) is 3.82. The van der Waals surface area contributed by atoms with Gasteiger partial charge in [-0.05, 0) is 134 Å². The van der Waals surface area contributed by atoms with Gasteiger partial charge in [-0.2, -0.15) is 0 Å². The van der Waals surface area contributed by atoms with Crippen LogP contribution in [-0.4, -0.2) is 0 Å². The molecule has 9 aromatic rings. The van der Waals surface area contributed by atoms with Crippen LogP contribution in [0, 0.1) is 0 Å². The molecule has 11 rings (SSSR count). The van der Waals surface area contributed by atoms with Gasteiger partial charge in [0.15, 0.2) is 0 Å². The van der Waals surface area contributed by atoms with Crippen molar-refractivity contribution < 1.29 is 0 Å². The Balaban J connectivity index is 1.35. The van der Waals surface area contributed by atoms with Gasteiger partial charge in [0.05, 0.1) is 0 Å².